The first-order chi connectivity index (χ1) is 13.7. The van der Waals surface area contributed by atoms with Crippen LogP contribution >= 0.6 is 22.9 Å². The van der Waals surface area contributed by atoms with Crippen LogP contribution in [0, 0.1) is 11.6 Å². The van der Waals surface area contributed by atoms with E-state index < -0.39 is 51.4 Å². The van der Waals surface area contributed by atoms with Crippen LogP contribution in [0.2, 0.25) is 5.15 Å². The van der Waals surface area contributed by atoms with Gasteiger partial charge < -0.3 is 5.32 Å². The van der Waals surface area contributed by atoms with Gasteiger partial charge in [-0.15, -0.1) is 11.3 Å². The van der Waals surface area contributed by atoms with Gasteiger partial charge in [-0.1, -0.05) is 11.6 Å². The topological polar surface area (TPSA) is 101 Å². The summed E-state index contributed by atoms with van der Waals surface area (Å²) in [6.07, 6.45) is 0.861. The number of carbonyl (C=O) groups excluding carboxylic acids is 1. The molecular formula is C16H12ClF3N4O3S2. The number of nitrogens with one attached hydrogen (secondary N) is 2. The molecule has 2 N–H and O–H groups in total. The first kappa shape index (κ1) is 21.3. The molecule has 154 valence electrons. The van der Waals surface area contributed by atoms with Crippen molar-refractivity contribution < 1.29 is 26.4 Å². The number of alkyl halides is 1. The van der Waals surface area contributed by atoms with Crippen LogP contribution in [0.25, 0.3) is 10.2 Å². The minimum Gasteiger partial charge on any atom is -0.317 e. The quantitative estimate of drug-likeness (QED) is 0.515. The summed E-state index contributed by atoms with van der Waals surface area (Å²) in [7, 11) is -4.05. The summed E-state index contributed by atoms with van der Waals surface area (Å²) in [4.78, 5) is 20.3. The molecule has 0 spiro atoms. The predicted octanol–water partition coefficient (Wildman–Crippen LogP) is 3.98. The van der Waals surface area contributed by atoms with Crippen molar-refractivity contribution in [2.45, 2.75) is 6.42 Å². The minimum atomic E-state index is -4.05. The van der Waals surface area contributed by atoms with Crippen molar-refractivity contribution >= 4 is 60.5 Å². The van der Waals surface area contributed by atoms with E-state index in [1.54, 1.807) is 0 Å². The third kappa shape index (κ3) is 4.60. The summed E-state index contributed by atoms with van der Waals surface area (Å²) in [6, 6.07) is 1.65. The van der Waals surface area contributed by atoms with Crippen LogP contribution < -0.4 is 10.0 Å². The van der Waals surface area contributed by atoms with E-state index in [0.717, 1.165) is 29.8 Å². The Bertz CT molecular complexity index is 1190. The highest BCUT2D eigenvalue weighted by atomic mass is 35.5. The Balaban J connectivity index is 1.90. The molecule has 2 aromatic heterocycles. The summed E-state index contributed by atoms with van der Waals surface area (Å²) >= 11 is 7.00. The number of rotatable bonds is 7. The van der Waals surface area contributed by atoms with E-state index in [1.165, 1.54) is 5.38 Å². The second-order valence-electron chi connectivity index (χ2n) is 5.69. The van der Waals surface area contributed by atoms with E-state index in [4.69, 9.17) is 11.6 Å². The summed E-state index contributed by atoms with van der Waals surface area (Å²) in [5.74, 6) is -3.89. The van der Waals surface area contributed by atoms with E-state index in [-0.39, 0.29) is 22.7 Å². The van der Waals surface area contributed by atoms with E-state index in [2.05, 4.69) is 15.3 Å². The average Bonchev–Trinajstić information content (AvgIpc) is 3.11. The Morgan fingerprint density at radius 2 is 2.00 bits per heavy atom. The van der Waals surface area contributed by atoms with E-state index in [1.807, 2.05) is 4.72 Å². The molecule has 0 saturated carbocycles. The lowest BCUT2D eigenvalue weighted by Gasteiger charge is -2.12. The second-order valence-corrected chi connectivity index (χ2v) is 8.77. The number of aromatic nitrogens is 2. The molecule has 0 aliphatic carbocycles. The van der Waals surface area contributed by atoms with Gasteiger partial charge in [0.2, 0.25) is 10.0 Å². The molecule has 29 heavy (non-hydrogen) atoms. The largest absolute Gasteiger partial charge is 0.317 e. The van der Waals surface area contributed by atoms with Gasteiger partial charge in [-0.25, -0.2) is 27.2 Å². The van der Waals surface area contributed by atoms with Gasteiger partial charge in [-0.2, -0.15) is 0 Å². The number of fused-ring (bicyclic) bond motifs is 1. The fourth-order valence-electron chi connectivity index (χ4n) is 2.37. The van der Waals surface area contributed by atoms with E-state index in [9.17, 15) is 26.4 Å². The number of anilines is 2. The number of halogens is 4. The van der Waals surface area contributed by atoms with Crippen molar-refractivity contribution in [2.75, 3.05) is 22.5 Å². The van der Waals surface area contributed by atoms with Crippen molar-refractivity contribution in [3.8, 4) is 0 Å². The Morgan fingerprint density at radius 1 is 1.24 bits per heavy atom. The standard InChI is InChI=1S/C16H12ClF3N4O3S2/c17-15-14-12(21-7-22-15)8(6-28-14)16(25)23-13-9(19)2-3-10(11(13)20)24-29(26,27)5-1-4-18/h2-3,6-7,24H,1,4-5H2,(H,23,25). The van der Waals surface area contributed by atoms with Crippen LogP contribution in [0.4, 0.5) is 24.5 Å². The normalized spacial score (nSPS) is 11.6. The molecule has 0 aliphatic rings. The van der Waals surface area contributed by atoms with Gasteiger partial charge in [-0.05, 0) is 18.6 Å². The molecule has 0 saturated heterocycles. The van der Waals surface area contributed by atoms with Crippen molar-refractivity contribution in [2.24, 2.45) is 0 Å². The molecule has 0 atom stereocenters. The summed E-state index contributed by atoms with van der Waals surface area (Å²) in [5.41, 5.74) is -1.21. The highest BCUT2D eigenvalue weighted by Gasteiger charge is 2.22. The molecule has 0 bridgehead atoms. The summed E-state index contributed by atoms with van der Waals surface area (Å²) < 4.78 is 67.0. The third-order valence-corrected chi connectivity index (χ3v) is 6.43. The molecular weight excluding hydrogens is 453 g/mol. The maximum Gasteiger partial charge on any atom is 0.258 e. The molecule has 0 fully saturated rings. The zero-order valence-corrected chi connectivity index (χ0v) is 16.8. The van der Waals surface area contributed by atoms with Gasteiger partial charge in [0.15, 0.2) is 5.82 Å². The van der Waals surface area contributed by atoms with Crippen LogP contribution in [0.5, 0.6) is 0 Å². The van der Waals surface area contributed by atoms with Crippen molar-refractivity contribution in [3.63, 3.8) is 0 Å². The lowest BCUT2D eigenvalue weighted by molar-refractivity contribution is 0.102. The SMILES string of the molecule is O=C(Nc1c(F)ccc(NS(=O)(=O)CCCF)c1F)c1csc2c(Cl)ncnc12. The van der Waals surface area contributed by atoms with Gasteiger partial charge in [0.25, 0.3) is 5.91 Å². The molecule has 0 unspecified atom stereocenters. The molecule has 13 heteroatoms. The lowest BCUT2D eigenvalue weighted by atomic mass is 10.2. The molecule has 7 nitrogen and oxygen atoms in total. The minimum absolute atomic E-state index is 0.0158. The number of hydrogen-bond donors (Lipinski definition) is 2. The van der Waals surface area contributed by atoms with E-state index >= 15 is 0 Å². The molecule has 1 amide bonds. The zero-order chi connectivity index (χ0) is 21.2. The predicted molar refractivity (Wildman–Crippen MR) is 105 cm³/mol. The van der Waals surface area contributed by atoms with Crippen molar-refractivity contribution in [1.29, 1.82) is 0 Å². The van der Waals surface area contributed by atoms with Crippen LogP contribution in [0.1, 0.15) is 16.8 Å². The van der Waals surface area contributed by atoms with Crippen LogP contribution in [-0.4, -0.2) is 36.7 Å². The van der Waals surface area contributed by atoms with Gasteiger partial charge >= 0.3 is 0 Å². The monoisotopic (exact) mass is 464 g/mol. The number of amides is 1. The first-order valence-electron chi connectivity index (χ1n) is 7.97. The van der Waals surface area contributed by atoms with Crippen LogP contribution in [0.15, 0.2) is 23.8 Å². The maximum absolute atomic E-state index is 14.7. The maximum atomic E-state index is 14.7. The van der Waals surface area contributed by atoms with Gasteiger partial charge in [0, 0.05) is 5.38 Å². The van der Waals surface area contributed by atoms with Crippen molar-refractivity contribution in [1.82, 2.24) is 9.97 Å². The highest BCUT2D eigenvalue weighted by molar-refractivity contribution is 7.92. The first-order valence-corrected chi connectivity index (χ1v) is 10.9. The Hall–Kier alpha value is -2.44. The summed E-state index contributed by atoms with van der Waals surface area (Å²) in [5, 5.41) is 3.61. The average molecular weight is 465 g/mol. The number of carbonyl (C=O) groups is 1. The molecule has 0 radical (unpaired) electrons. The fraction of sp³-hybridized carbons (Fsp3) is 0.188. The zero-order valence-electron chi connectivity index (χ0n) is 14.4. The molecule has 3 aromatic rings. The second kappa shape index (κ2) is 8.51. The fourth-order valence-corrected chi connectivity index (χ4v) is 4.60. The molecule has 1 aromatic carbocycles. The number of sulfonamides is 1. The highest BCUT2D eigenvalue weighted by Crippen LogP contribution is 2.31. The number of benzene rings is 1. The van der Waals surface area contributed by atoms with Crippen LogP contribution in [-0.2, 0) is 10.0 Å². The summed E-state index contributed by atoms with van der Waals surface area (Å²) in [6.45, 7) is -0.865. The number of hydrogen-bond acceptors (Lipinski definition) is 6. The van der Waals surface area contributed by atoms with Crippen molar-refractivity contribution in [3.05, 3.63) is 46.2 Å². The Labute approximate surface area is 172 Å². The van der Waals surface area contributed by atoms with Gasteiger partial charge in [0.1, 0.15) is 23.0 Å². The van der Waals surface area contributed by atoms with Gasteiger partial charge in [-0.3, -0.25) is 13.9 Å². The third-order valence-electron chi connectivity index (χ3n) is 3.70. The molecule has 2 heterocycles. The molecule has 3 rings (SSSR count). The van der Waals surface area contributed by atoms with Crippen LogP contribution in [0.3, 0.4) is 0 Å². The lowest BCUT2D eigenvalue weighted by Crippen LogP contribution is -2.19. The number of nitrogens with zero attached hydrogens (tertiary/aromatic N) is 2. The smallest absolute Gasteiger partial charge is 0.258 e. The van der Waals surface area contributed by atoms with E-state index in [0.29, 0.717) is 4.70 Å². The van der Waals surface area contributed by atoms with Gasteiger partial charge in [0.05, 0.1) is 33.9 Å². The molecule has 0 aliphatic heterocycles. The Kier molecular flexibility index (Phi) is 6.24. The number of thiophene rings is 1. The Morgan fingerprint density at radius 3 is 2.72 bits per heavy atom.